The monoisotopic (exact) mass is 425 g/mol. The average molecular weight is 426 g/mol. The number of nitrogens with zero attached hydrogens (tertiary/aromatic N) is 2. The van der Waals surface area contributed by atoms with Gasteiger partial charge in [-0.3, -0.25) is 4.98 Å². The second-order valence-electron chi connectivity index (χ2n) is 8.83. The zero-order chi connectivity index (χ0) is 21.5. The van der Waals surface area contributed by atoms with Gasteiger partial charge in [0.25, 0.3) is 0 Å². The number of benzene rings is 1. The fraction of sp³-hybridized carbons (Fsp3) is 0.458. The lowest BCUT2D eigenvalue weighted by atomic mass is 9.95. The van der Waals surface area contributed by atoms with Crippen LogP contribution in [0.1, 0.15) is 42.3 Å². The molecule has 30 heavy (non-hydrogen) atoms. The van der Waals surface area contributed by atoms with Crippen molar-refractivity contribution in [2.24, 2.45) is 0 Å². The molecule has 0 atom stereocenters. The van der Waals surface area contributed by atoms with Gasteiger partial charge >= 0.3 is 0 Å². The van der Waals surface area contributed by atoms with Crippen molar-refractivity contribution < 1.29 is 8.42 Å². The average Bonchev–Trinajstić information content (AvgIpc) is 3.05. The van der Waals surface area contributed by atoms with Crippen molar-refractivity contribution in [1.82, 2.24) is 14.9 Å². The highest BCUT2D eigenvalue weighted by atomic mass is 32.2. The van der Waals surface area contributed by atoms with Gasteiger partial charge in [0.15, 0.2) is 9.84 Å². The topological polar surface area (TPSA) is 66.1 Å². The van der Waals surface area contributed by atoms with Gasteiger partial charge in [-0.15, -0.1) is 0 Å². The van der Waals surface area contributed by atoms with Crippen LogP contribution in [-0.2, 0) is 16.3 Å². The minimum atomic E-state index is -2.82. The van der Waals surface area contributed by atoms with Gasteiger partial charge in [0.05, 0.1) is 17.2 Å². The summed E-state index contributed by atoms with van der Waals surface area (Å²) in [5.74, 6) is 0.968. The SMILES string of the molecule is Cc1cc(-c2[nH]c3ccc(CCN4CCS(=O)(=O)CC4)cc3c2C(C)C)cc(C)n1. The summed E-state index contributed by atoms with van der Waals surface area (Å²) in [4.78, 5) is 10.4. The van der Waals surface area contributed by atoms with Gasteiger partial charge < -0.3 is 9.88 Å². The fourth-order valence-corrected chi connectivity index (χ4v) is 5.76. The van der Waals surface area contributed by atoms with Gasteiger partial charge in [0.2, 0.25) is 0 Å². The maximum atomic E-state index is 11.6. The molecular weight excluding hydrogens is 394 g/mol. The molecule has 0 bridgehead atoms. The van der Waals surface area contributed by atoms with Crippen molar-refractivity contribution in [2.75, 3.05) is 31.1 Å². The lowest BCUT2D eigenvalue weighted by molar-refractivity contribution is 0.299. The van der Waals surface area contributed by atoms with E-state index < -0.39 is 9.84 Å². The van der Waals surface area contributed by atoms with Gasteiger partial charge in [-0.2, -0.15) is 0 Å². The second kappa shape index (κ2) is 8.16. The van der Waals surface area contributed by atoms with Crippen molar-refractivity contribution in [2.45, 2.75) is 40.0 Å². The molecule has 2 aromatic heterocycles. The third-order valence-electron chi connectivity index (χ3n) is 6.00. The van der Waals surface area contributed by atoms with Crippen LogP contribution in [0.3, 0.4) is 0 Å². The van der Waals surface area contributed by atoms with Crippen LogP contribution in [0.25, 0.3) is 22.2 Å². The van der Waals surface area contributed by atoms with Crippen LogP contribution in [0.5, 0.6) is 0 Å². The van der Waals surface area contributed by atoms with Crippen molar-refractivity contribution >= 4 is 20.7 Å². The van der Waals surface area contributed by atoms with Gasteiger partial charge in [0.1, 0.15) is 0 Å². The smallest absolute Gasteiger partial charge is 0.152 e. The van der Waals surface area contributed by atoms with Crippen LogP contribution < -0.4 is 0 Å². The molecule has 1 aliphatic rings. The van der Waals surface area contributed by atoms with Crippen LogP contribution in [-0.4, -0.2) is 54.4 Å². The van der Waals surface area contributed by atoms with Crippen molar-refractivity contribution in [3.05, 3.63) is 52.8 Å². The van der Waals surface area contributed by atoms with Crippen molar-refractivity contribution in [1.29, 1.82) is 0 Å². The van der Waals surface area contributed by atoms with Gasteiger partial charge in [-0.25, -0.2) is 8.42 Å². The number of sulfone groups is 1. The Bertz CT molecular complexity index is 1140. The highest BCUT2D eigenvalue weighted by Crippen LogP contribution is 2.36. The maximum absolute atomic E-state index is 11.6. The fourth-order valence-electron chi connectivity index (χ4n) is 4.48. The van der Waals surface area contributed by atoms with E-state index >= 15 is 0 Å². The third kappa shape index (κ3) is 4.44. The van der Waals surface area contributed by atoms with Gasteiger partial charge in [-0.05, 0) is 61.6 Å². The summed E-state index contributed by atoms with van der Waals surface area (Å²) in [7, 11) is -2.82. The Kier molecular flexibility index (Phi) is 5.73. The standard InChI is InChI=1S/C24H31N3O2S/c1-16(2)23-21-15-19(7-8-27-9-11-30(28,29)12-10-27)5-6-22(21)26-24(23)20-13-17(3)25-18(4)14-20/h5-6,13-16,26H,7-12H2,1-4H3. The van der Waals surface area contributed by atoms with E-state index in [2.05, 4.69) is 59.0 Å². The second-order valence-corrected chi connectivity index (χ2v) is 11.1. The van der Waals surface area contributed by atoms with E-state index in [1.165, 1.54) is 27.8 Å². The van der Waals surface area contributed by atoms with Crippen LogP contribution in [0.4, 0.5) is 0 Å². The summed E-state index contributed by atoms with van der Waals surface area (Å²) >= 11 is 0. The predicted octanol–water partition coefficient (Wildman–Crippen LogP) is 4.24. The quantitative estimate of drug-likeness (QED) is 0.664. The lowest BCUT2D eigenvalue weighted by Crippen LogP contribution is -2.41. The summed E-state index contributed by atoms with van der Waals surface area (Å²) < 4.78 is 23.3. The first-order valence-corrected chi connectivity index (χ1v) is 12.6. The molecule has 1 fully saturated rings. The number of rotatable bonds is 5. The largest absolute Gasteiger partial charge is 0.354 e. The number of aromatic nitrogens is 2. The zero-order valence-electron chi connectivity index (χ0n) is 18.3. The van der Waals surface area contributed by atoms with E-state index in [0.717, 1.165) is 29.9 Å². The third-order valence-corrected chi connectivity index (χ3v) is 7.61. The van der Waals surface area contributed by atoms with Crippen molar-refractivity contribution in [3.63, 3.8) is 0 Å². The molecule has 3 aromatic rings. The molecular formula is C24H31N3O2S. The summed E-state index contributed by atoms with van der Waals surface area (Å²) in [6, 6.07) is 11.0. The highest BCUT2D eigenvalue weighted by molar-refractivity contribution is 7.91. The molecule has 1 saturated heterocycles. The molecule has 0 unspecified atom stereocenters. The molecule has 6 heteroatoms. The number of hydrogen-bond acceptors (Lipinski definition) is 4. The predicted molar refractivity (Wildman–Crippen MR) is 124 cm³/mol. The Labute approximate surface area is 179 Å². The Morgan fingerprint density at radius 3 is 2.37 bits per heavy atom. The van der Waals surface area contributed by atoms with Crippen molar-refractivity contribution in [3.8, 4) is 11.3 Å². The molecule has 5 nitrogen and oxygen atoms in total. The summed E-state index contributed by atoms with van der Waals surface area (Å²) in [5, 5.41) is 1.28. The number of pyridine rings is 1. The highest BCUT2D eigenvalue weighted by Gasteiger charge is 2.21. The molecule has 0 spiro atoms. The van der Waals surface area contributed by atoms with Crippen LogP contribution in [0.2, 0.25) is 0 Å². The van der Waals surface area contributed by atoms with E-state index in [0.29, 0.717) is 19.0 Å². The minimum absolute atomic E-state index is 0.287. The molecule has 4 rings (SSSR count). The normalized spacial score (nSPS) is 17.1. The number of H-pyrrole nitrogens is 1. The number of hydrogen-bond donors (Lipinski definition) is 1. The molecule has 0 aliphatic carbocycles. The zero-order valence-corrected chi connectivity index (χ0v) is 19.1. The van der Waals surface area contributed by atoms with Crippen LogP contribution in [0.15, 0.2) is 30.3 Å². The number of fused-ring (bicyclic) bond motifs is 1. The Morgan fingerprint density at radius 1 is 1.07 bits per heavy atom. The molecule has 160 valence electrons. The summed E-state index contributed by atoms with van der Waals surface area (Å²) in [6.45, 7) is 10.8. The molecule has 0 radical (unpaired) electrons. The van der Waals surface area contributed by atoms with E-state index in [9.17, 15) is 8.42 Å². The number of aryl methyl sites for hydroxylation is 2. The molecule has 0 saturated carbocycles. The van der Waals surface area contributed by atoms with Crippen LogP contribution in [0, 0.1) is 13.8 Å². The van der Waals surface area contributed by atoms with E-state index in [1.54, 1.807) is 0 Å². The summed E-state index contributed by atoms with van der Waals surface area (Å²) in [6.07, 6.45) is 0.932. The molecule has 1 aromatic carbocycles. The van der Waals surface area contributed by atoms with Gasteiger partial charge in [-0.1, -0.05) is 19.9 Å². The van der Waals surface area contributed by atoms with Crippen LogP contribution >= 0.6 is 0 Å². The molecule has 0 amide bonds. The first kappa shape index (κ1) is 21.1. The molecule has 1 aliphatic heterocycles. The lowest BCUT2D eigenvalue weighted by Gasteiger charge is -2.26. The minimum Gasteiger partial charge on any atom is -0.354 e. The van der Waals surface area contributed by atoms with E-state index in [1.807, 2.05) is 13.8 Å². The Balaban J connectivity index is 1.63. The number of nitrogens with one attached hydrogen (secondary N) is 1. The molecule has 3 heterocycles. The Hall–Kier alpha value is -2.18. The van der Waals surface area contributed by atoms with E-state index in [4.69, 9.17) is 0 Å². The maximum Gasteiger partial charge on any atom is 0.152 e. The Morgan fingerprint density at radius 2 is 1.73 bits per heavy atom. The first-order valence-electron chi connectivity index (χ1n) is 10.7. The summed E-state index contributed by atoms with van der Waals surface area (Å²) in [5.41, 5.74) is 8.24. The van der Waals surface area contributed by atoms with Gasteiger partial charge in [0, 0.05) is 47.5 Å². The number of aromatic amines is 1. The van der Waals surface area contributed by atoms with E-state index in [-0.39, 0.29) is 11.5 Å². The molecule has 1 N–H and O–H groups in total. The first-order chi connectivity index (χ1) is 14.2.